The van der Waals surface area contributed by atoms with Gasteiger partial charge < -0.3 is 0 Å². The van der Waals surface area contributed by atoms with Crippen LogP contribution < -0.4 is 0 Å². The van der Waals surface area contributed by atoms with E-state index < -0.39 is 3.79 Å². The lowest BCUT2D eigenvalue weighted by Crippen LogP contribution is -2.07. The average Bonchev–Trinajstić information content (AvgIpc) is 1.74. The summed E-state index contributed by atoms with van der Waals surface area (Å²) in [5.41, 5.74) is 0.815. The van der Waals surface area contributed by atoms with Gasteiger partial charge >= 0.3 is 0 Å². The van der Waals surface area contributed by atoms with Gasteiger partial charge in [0.05, 0.1) is 0 Å². The number of benzene rings is 1. The zero-order valence-corrected chi connectivity index (χ0v) is 7.13. The summed E-state index contributed by atoms with van der Waals surface area (Å²) in [6, 6.07) is 5.84. The van der Waals surface area contributed by atoms with E-state index in [1.165, 1.54) is 5.22 Å². The highest BCUT2D eigenvalue weighted by atomic mass is 35.6. The lowest BCUT2D eigenvalue weighted by Gasteiger charge is -2.17. The SMILES string of the molecule is ClC(Cl)(Cl)c1cc2ccc1=2. The molecule has 0 N–H and O–H groups in total. The first kappa shape index (κ1) is 6.78. The van der Waals surface area contributed by atoms with Crippen molar-refractivity contribution in [1.29, 1.82) is 0 Å². The van der Waals surface area contributed by atoms with E-state index in [0.29, 0.717) is 0 Å². The largest absolute Gasteiger partial charge is 0.216 e. The third-order valence-electron chi connectivity index (χ3n) is 1.64. The number of halogens is 3. The summed E-state index contributed by atoms with van der Waals surface area (Å²) in [5, 5.41) is 2.29. The van der Waals surface area contributed by atoms with Gasteiger partial charge in [0.1, 0.15) is 0 Å². The van der Waals surface area contributed by atoms with E-state index >= 15 is 0 Å². The van der Waals surface area contributed by atoms with Crippen molar-refractivity contribution in [2.75, 3.05) is 0 Å². The first-order chi connectivity index (χ1) is 4.59. The van der Waals surface area contributed by atoms with Gasteiger partial charge in [-0.25, -0.2) is 0 Å². The minimum absolute atomic E-state index is 0.815. The van der Waals surface area contributed by atoms with E-state index in [1.807, 2.05) is 18.2 Å². The van der Waals surface area contributed by atoms with E-state index in [4.69, 9.17) is 34.8 Å². The summed E-state index contributed by atoms with van der Waals surface area (Å²) in [7, 11) is 0. The molecule has 0 atom stereocenters. The Bertz CT molecular complexity index is 361. The van der Waals surface area contributed by atoms with Crippen LogP contribution in [0, 0.1) is 10.4 Å². The molecule has 0 nitrogen and oxygen atoms in total. The fourth-order valence-corrected chi connectivity index (χ4v) is 1.49. The quantitative estimate of drug-likeness (QED) is 0.564. The van der Waals surface area contributed by atoms with Crippen LogP contribution in [-0.4, -0.2) is 0 Å². The third kappa shape index (κ3) is 0.763. The molecule has 2 aliphatic carbocycles. The maximum absolute atomic E-state index is 5.62. The van der Waals surface area contributed by atoms with Crippen molar-refractivity contribution in [3.8, 4) is 0 Å². The Labute approximate surface area is 73.0 Å². The lowest BCUT2D eigenvalue weighted by molar-refractivity contribution is 1.14. The maximum atomic E-state index is 5.62. The highest BCUT2D eigenvalue weighted by Gasteiger charge is 2.27. The summed E-state index contributed by atoms with van der Waals surface area (Å²) >= 11 is 16.9. The summed E-state index contributed by atoms with van der Waals surface area (Å²) < 4.78 is -1.23. The van der Waals surface area contributed by atoms with Gasteiger partial charge in [-0.2, -0.15) is 0 Å². The molecule has 2 rings (SSSR count). The number of hydrogen-bond acceptors (Lipinski definition) is 0. The Morgan fingerprint density at radius 3 is 1.90 bits per heavy atom. The van der Waals surface area contributed by atoms with Gasteiger partial charge in [0.2, 0.25) is 3.79 Å². The van der Waals surface area contributed by atoms with Crippen molar-refractivity contribution in [1.82, 2.24) is 0 Å². The van der Waals surface area contributed by atoms with Gasteiger partial charge in [-0.15, -0.1) is 0 Å². The van der Waals surface area contributed by atoms with Crippen LogP contribution in [0.2, 0.25) is 0 Å². The van der Waals surface area contributed by atoms with E-state index in [1.54, 1.807) is 0 Å². The zero-order valence-electron chi connectivity index (χ0n) is 4.87. The van der Waals surface area contributed by atoms with Crippen LogP contribution in [0.25, 0.3) is 0 Å². The van der Waals surface area contributed by atoms with Gasteiger partial charge in [0.25, 0.3) is 0 Å². The van der Waals surface area contributed by atoms with Crippen LogP contribution in [0.3, 0.4) is 0 Å². The topological polar surface area (TPSA) is 0 Å². The predicted octanol–water partition coefficient (Wildman–Crippen LogP) is 3.11. The Hall–Kier alpha value is 0.0900. The molecule has 0 fully saturated rings. The highest BCUT2D eigenvalue weighted by molar-refractivity contribution is 6.66. The van der Waals surface area contributed by atoms with Crippen molar-refractivity contribution in [3.63, 3.8) is 0 Å². The molecule has 0 unspecified atom stereocenters. The van der Waals surface area contributed by atoms with Crippen LogP contribution in [0.5, 0.6) is 0 Å². The molecule has 0 spiro atoms. The molecule has 2 aliphatic rings. The maximum Gasteiger partial charge on any atom is 0.216 e. The monoisotopic (exact) mass is 192 g/mol. The molecule has 0 aromatic rings. The van der Waals surface area contributed by atoms with E-state index in [-0.39, 0.29) is 0 Å². The molecule has 0 saturated heterocycles. The first-order valence-electron chi connectivity index (χ1n) is 2.80. The molecule has 52 valence electrons. The Balaban J connectivity index is 2.53. The summed E-state index contributed by atoms with van der Waals surface area (Å²) in [6.07, 6.45) is 0. The average molecular weight is 193 g/mol. The molecule has 10 heavy (non-hydrogen) atoms. The van der Waals surface area contributed by atoms with E-state index in [2.05, 4.69) is 0 Å². The van der Waals surface area contributed by atoms with Gasteiger partial charge in [0, 0.05) is 5.56 Å². The molecule has 0 amide bonds. The molecule has 0 aromatic heterocycles. The fraction of sp³-hybridized carbons (Fsp3) is 0.143. The minimum atomic E-state index is -1.23. The van der Waals surface area contributed by atoms with Crippen LogP contribution in [0.15, 0.2) is 18.2 Å². The van der Waals surface area contributed by atoms with E-state index in [0.717, 1.165) is 10.8 Å². The predicted molar refractivity (Wildman–Crippen MR) is 43.4 cm³/mol. The molecule has 0 saturated carbocycles. The van der Waals surface area contributed by atoms with Crippen LogP contribution in [0.4, 0.5) is 0 Å². The molecular weight excluding hydrogens is 190 g/mol. The second kappa shape index (κ2) is 1.82. The molecule has 3 heteroatoms. The number of rotatable bonds is 0. The van der Waals surface area contributed by atoms with Crippen molar-refractivity contribution in [2.24, 2.45) is 0 Å². The lowest BCUT2D eigenvalue weighted by atomic mass is 10.0. The smallest absolute Gasteiger partial charge is 0.0784 e. The Morgan fingerprint density at radius 1 is 1.10 bits per heavy atom. The molecule has 0 radical (unpaired) electrons. The van der Waals surface area contributed by atoms with Crippen molar-refractivity contribution in [3.05, 3.63) is 34.2 Å². The molecule has 0 heterocycles. The number of alkyl halides is 3. The highest BCUT2D eigenvalue weighted by Crippen LogP contribution is 2.41. The van der Waals surface area contributed by atoms with Crippen molar-refractivity contribution >= 4 is 34.8 Å². The molecule has 0 aliphatic heterocycles. The molecular formula is C7H3Cl3. The van der Waals surface area contributed by atoms with Gasteiger partial charge in [-0.05, 0) is 16.5 Å². The zero-order chi connectivity index (χ0) is 7.35. The third-order valence-corrected chi connectivity index (χ3v) is 2.25. The summed E-state index contributed by atoms with van der Waals surface area (Å²) in [5.74, 6) is 0. The van der Waals surface area contributed by atoms with Gasteiger partial charge in [0.15, 0.2) is 0 Å². The summed E-state index contributed by atoms with van der Waals surface area (Å²) in [6.45, 7) is 0. The van der Waals surface area contributed by atoms with E-state index in [9.17, 15) is 0 Å². The standard InChI is InChI=1S/C7H3Cl3/c8-7(9,10)6-3-4-1-2-5(4)6/h1-3H. The van der Waals surface area contributed by atoms with Gasteiger partial charge in [-0.1, -0.05) is 46.9 Å². The van der Waals surface area contributed by atoms with Crippen molar-refractivity contribution < 1.29 is 0 Å². The van der Waals surface area contributed by atoms with Crippen LogP contribution in [-0.2, 0) is 3.79 Å². The van der Waals surface area contributed by atoms with Crippen molar-refractivity contribution in [2.45, 2.75) is 3.79 Å². The molecule has 0 bridgehead atoms. The molecule has 0 aromatic carbocycles. The van der Waals surface area contributed by atoms with Gasteiger partial charge in [-0.3, -0.25) is 0 Å². The second-order valence-electron chi connectivity index (χ2n) is 2.26. The second-order valence-corrected chi connectivity index (χ2v) is 4.54. The van der Waals surface area contributed by atoms with Crippen LogP contribution in [0.1, 0.15) is 5.56 Å². The minimum Gasteiger partial charge on any atom is -0.0784 e. The summed E-state index contributed by atoms with van der Waals surface area (Å²) in [4.78, 5) is 0. The number of hydrogen-bond donors (Lipinski definition) is 0. The first-order valence-corrected chi connectivity index (χ1v) is 3.94. The fourth-order valence-electron chi connectivity index (χ4n) is 1.02. The Morgan fingerprint density at radius 2 is 1.80 bits per heavy atom. The Kier molecular flexibility index (Phi) is 1.23. The van der Waals surface area contributed by atoms with Crippen LogP contribution >= 0.6 is 34.8 Å². The normalized spacial score (nSPS) is 13.5.